The Balaban J connectivity index is 1.47. The highest BCUT2D eigenvalue weighted by atomic mass is 32.2. The summed E-state index contributed by atoms with van der Waals surface area (Å²) in [5.41, 5.74) is 2.56. The molecule has 3 aromatic rings. The molecule has 1 aromatic heterocycles. The molecule has 1 amide bonds. The van der Waals surface area contributed by atoms with Crippen molar-refractivity contribution in [2.45, 2.75) is 13.3 Å². The first-order chi connectivity index (χ1) is 16.4. The van der Waals surface area contributed by atoms with Gasteiger partial charge < -0.3 is 4.74 Å². The number of carbonyl (C=O) groups excluding carboxylic acids is 2. The fourth-order valence-electron chi connectivity index (χ4n) is 3.50. The van der Waals surface area contributed by atoms with E-state index in [-0.39, 0.29) is 17.5 Å². The summed E-state index contributed by atoms with van der Waals surface area (Å²) in [4.78, 5) is 29.6. The minimum Gasteiger partial charge on any atom is -0.462 e. The van der Waals surface area contributed by atoms with Crippen molar-refractivity contribution in [2.24, 2.45) is 0 Å². The van der Waals surface area contributed by atoms with Crippen LogP contribution in [0.25, 0.3) is 17.3 Å². The normalized spacial score (nSPS) is 14.9. The fourth-order valence-corrected chi connectivity index (χ4v) is 5.95. The molecule has 0 aliphatic carbocycles. The Hall–Kier alpha value is -3.50. The molecule has 2 heterocycles. The molecule has 8 nitrogen and oxygen atoms in total. The molecule has 0 unspecified atom stereocenters. The molecule has 0 saturated carbocycles. The molecule has 1 aliphatic heterocycles. The van der Waals surface area contributed by atoms with Crippen LogP contribution in [0.1, 0.15) is 28.6 Å². The zero-order chi connectivity index (χ0) is 24.1. The van der Waals surface area contributed by atoms with Gasteiger partial charge in [0, 0.05) is 18.2 Å². The Morgan fingerprint density at radius 2 is 1.88 bits per heavy atom. The number of anilines is 2. The number of esters is 1. The minimum absolute atomic E-state index is 0.162. The van der Waals surface area contributed by atoms with Crippen molar-refractivity contribution in [1.82, 2.24) is 4.98 Å². The second kappa shape index (κ2) is 10.2. The average Bonchev–Trinajstić information content (AvgIpc) is 3.41. The molecule has 1 fully saturated rings. The lowest BCUT2D eigenvalue weighted by Crippen LogP contribution is -2.24. The first kappa shape index (κ1) is 23.7. The van der Waals surface area contributed by atoms with Crippen LogP contribution in [0.3, 0.4) is 0 Å². The minimum atomic E-state index is -3.23. The Morgan fingerprint density at radius 3 is 2.53 bits per heavy atom. The molecular weight excluding hydrogens is 474 g/mol. The molecular formula is C24H23N3O5S2. The predicted molar refractivity (Wildman–Crippen MR) is 133 cm³/mol. The second-order valence-electron chi connectivity index (χ2n) is 7.44. The van der Waals surface area contributed by atoms with E-state index < -0.39 is 21.9 Å². The van der Waals surface area contributed by atoms with Crippen LogP contribution in [-0.2, 0) is 19.6 Å². The summed E-state index contributed by atoms with van der Waals surface area (Å²) in [6.07, 6.45) is 3.59. The zero-order valence-electron chi connectivity index (χ0n) is 18.4. The van der Waals surface area contributed by atoms with Gasteiger partial charge in [0.25, 0.3) is 0 Å². The van der Waals surface area contributed by atoms with Crippen molar-refractivity contribution in [3.63, 3.8) is 0 Å². The average molecular weight is 498 g/mol. The van der Waals surface area contributed by atoms with Crippen LogP contribution in [0.4, 0.5) is 10.8 Å². The van der Waals surface area contributed by atoms with Crippen LogP contribution in [0, 0.1) is 0 Å². The zero-order valence-corrected chi connectivity index (χ0v) is 20.1. The number of thiazole rings is 1. The maximum Gasteiger partial charge on any atom is 0.350 e. The predicted octanol–water partition coefficient (Wildman–Crippen LogP) is 4.18. The van der Waals surface area contributed by atoms with E-state index in [0.717, 1.165) is 22.5 Å². The molecule has 0 radical (unpaired) electrons. The number of nitrogens with zero attached hydrogens (tertiary/aromatic N) is 2. The van der Waals surface area contributed by atoms with E-state index >= 15 is 0 Å². The number of aromatic nitrogens is 1. The van der Waals surface area contributed by atoms with Gasteiger partial charge in [-0.1, -0.05) is 53.8 Å². The summed E-state index contributed by atoms with van der Waals surface area (Å²) >= 11 is 1.05. The molecule has 0 spiro atoms. The van der Waals surface area contributed by atoms with Crippen molar-refractivity contribution < 1.29 is 22.7 Å². The molecule has 176 valence electrons. The smallest absolute Gasteiger partial charge is 0.350 e. The van der Waals surface area contributed by atoms with Crippen LogP contribution in [0.2, 0.25) is 0 Å². The number of amides is 1. The van der Waals surface area contributed by atoms with E-state index in [9.17, 15) is 18.0 Å². The Labute approximate surface area is 202 Å². The van der Waals surface area contributed by atoms with E-state index in [1.54, 1.807) is 37.3 Å². The summed E-state index contributed by atoms with van der Waals surface area (Å²) in [5, 5.41) is 2.98. The van der Waals surface area contributed by atoms with Crippen LogP contribution >= 0.6 is 11.3 Å². The van der Waals surface area contributed by atoms with E-state index in [4.69, 9.17) is 4.74 Å². The molecule has 34 heavy (non-hydrogen) atoms. The van der Waals surface area contributed by atoms with Gasteiger partial charge in [0.1, 0.15) is 4.88 Å². The third-order valence-electron chi connectivity index (χ3n) is 5.07. The number of rotatable bonds is 7. The molecule has 2 aromatic carbocycles. The van der Waals surface area contributed by atoms with Crippen molar-refractivity contribution in [3.8, 4) is 11.3 Å². The van der Waals surface area contributed by atoms with Crippen LogP contribution < -0.4 is 9.62 Å². The van der Waals surface area contributed by atoms with Gasteiger partial charge in [0.05, 0.1) is 23.7 Å². The lowest BCUT2D eigenvalue weighted by molar-refractivity contribution is -0.111. The van der Waals surface area contributed by atoms with E-state index in [2.05, 4.69) is 10.3 Å². The summed E-state index contributed by atoms with van der Waals surface area (Å²) in [7, 11) is -3.23. The maximum absolute atomic E-state index is 12.5. The maximum atomic E-state index is 12.5. The highest BCUT2D eigenvalue weighted by Crippen LogP contribution is 2.32. The van der Waals surface area contributed by atoms with E-state index in [0.29, 0.717) is 29.2 Å². The van der Waals surface area contributed by atoms with Gasteiger partial charge in [0.15, 0.2) is 5.13 Å². The van der Waals surface area contributed by atoms with Gasteiger partial charge in [-0.3, -0.25) is 14.4 Å². The first-order valence-electron chi connectivity index (χ1n) is 10.7. The number of ether oxygens (including phenoxy) is 1. The third kappa shape index (κ3) is 5.35. The molecule has 0 atom stereocenters. The van der Waals surface area contributed by atoms with Crippen LogP contribution in [0.5, 0.6) is 0 Å². The molecule has 1 N–H and O–H groups in total. The standard InChI is InChI=1S/C24H23N3O5S2/c1-2-32-23(29)22-21(18-7-4-3-5-8-18)26-24(33-22)25-20(28)14-11-17-9-12-19(13-10-17)27-15-6-16-34(27,30)31/h3-5,7-14H,2,6,15-16H2,1H3,(H,25,26,28)/b14-11+. The van der Waals surface area contributed by atoms with Crippen molar-refractivity contribution in [3.05, 3.63) is 71.1 Å². The largest absolute Gasteiger partial charge is 0.462 e. The molecule has 0 bridgehead atoms. The summed E-state index contributed by atoms with van der Waals surface area (Å²) in [6.45, 7) is 2.44. The number of nitrogens with one attached hydrogen (secondary N) is 1. The van der Waals surface area contributed by atoms with Gasteiger partial charge in [-0.05, 0) is 37.1 Å². The van der Waals surface area contributed by atoms with Gasteiger partial charge in [0.2, 0.25) is 15.9 Å². The van der Waals surface area contributed by atoms with E-state index in [1.807, 2.05) is 30.3 Å². The first-order valence-corrected chi connectivity index (χ1v) is 13.1. The summed E-state index contributed by atoms with van der Waals surface area (Å²) in [6, 6.07) is 16.2. The monoisotopic (exact) mass is 497 g/mol. The number of hydrogen-bond acceptors (Lipinski definition) is 7. The van der Waals surface area contributed by atoms with Gasteiger partial charge in [-0.25, -0.2) is 18.2 Å². The highest BCUT2D eigenvalue weighted by molar-refractivity contribution is 7.93. The summed E-state index contributed by atoms with van der Waals surface area (Å²) in [5.74, 6) is -0.736. The molecule has 4 rings (SSSR count). The number of hydrogen-bond donors (Lipinski definition) is 1. The number of benzene rings is 2. The van der Waals surface area contributed by atoms with Crippen molar-refractivity contribution in [2.75, 3.05) is 28.5 Å². The molecule has 1 aliphatic rings. The quantitative estimate of drug-likeness (QED) is 0.388. The fraction of sp³-hybridized carbons (Fsp3) is 0.208. The number of sulfonamides is 1. The lowest BCUT2D eigenvalue weighted by Gasteiger charge is -2.16. The molecule has 10 heteroatoms. The SMILES string of the molecule is CCOC(=O)c1sc(NC(=O)/C=C/c2ccc(N3CCCS3(=O)=O)cc2)nc1-c1ccccc1. The van der Waals surface area contributed by atoms with Crippen LogP contribution in [-0.4, -0.2) is 44.2 Å². The Morgan fingerprint density at radius 1 is 1.15 bits per heavy atom. The Kier molecular flexibility index (Phi) is 7.09. The van der Waals surface area contributed by atoms with Gasteiger partial charge in [-0.2, -0.15) is 0 Å². The lowest BCUT2D eigenvalue weighted by atomic mass is 10.1. The summed E-state index contributed by atoms with van der Waals surface area (Å²) < 4.78 is 30.7. The Bertz CT molecular complexity index is 1320. The molecule has 1 saturated heterocycles. The number of carbonyl (C=O) groups is 2. The van der Waals surface area contributed by atoms with E-state index in [1.165, 1.54) is 10.4 Å². The second-order valence-corrected chi connectivity index (χ2v) is 10.5. The highest BCUT2D eigenvalue weighted by Gasteiger charge is 2.28. The topological polar surface area (TPSA) is 106 Å². The van der Waals surface area contributed by atoms with Crippen molar-refractivity contribution in [1.29, 1.82) is 0 Å². The third-order valence-corrected chi connectivity index (χ3v) is 7.89. The van der Waals surface area contributed by atoms with Crippen LogP contribution in [0.15, 0.2) is 60.7 Å². The van der Waals surface area contributed by atoms with Crippen molar-refractivity contribution >= 4 is 50.1 Å². The van der Waals surface area contributed by atoms with Gasteiger partial charge in [-0.15, -0.1) is 0 Å². The van der Waals surface area contributed by atoms with Gasteiger partial charge >= 0.3 is 5.97 Å².